The van der Waals surface area contributed by atoms with Crippen LogP contribution in [0.15, 0.2) is 12.3 Å². The zero-order valence-electron chi connectivity index (χ0n) is 8.33. The van der Waals surface area contributed by atoms with Crippen molar-refractivity contribution in [3.63, 3.8) is 0 Å². The van der Waals surface area contributed by atoms with Gasteiger partial charge in [0.05, 0.1) is 0 Å². The van der Waals surface area contributed by atoms with Crippen LogP contribution in [0, 0.1) is 5.92 Å². The molecule has 1 aromatic rings. The van der Waals surface area contributed by atoms with Crippen LogP contribution >= 0.6 is 0 Å². The zero-order valence-corrected chi connectivity index (χ0v) is 8.33. The lowest BCUT2D eigenvalue weighted by atomic mass is 9.97. The monoisotopic (exact) mass is 189 g/mol. The zero-order chi connectivity index (χ0) is 9.54. The molecular weight excluding hydrogens is 174 g/mol. The predicted molar refractivity (Wildman–Crippen MR) is 54.4 cm³/mol. The van der Waals surface area contributed by atoms with Crippen molar-refractivity contribution >= 4 is 5.78 Å². The first-order valence-corrected chi connectivity index (χ1v) is 5.56. The number of hydrogen-bond acceptors (Lipinski definition) is 1. The molecule has 2 aliphatic rings. The first kappa shape index (κ1) is 8.27. The van der Waals surface area contributed by atoms with Crippen molar-refractivity contribution < 1.29 is 4.79 Å². The molecule has 0 saturated heterocycles. The maximum absolute atomic E-state index is 11.6. The Bertz CT molecular complexity index is 374. The molecule has 14 heavy (non-hydrogen) atoms. The van der Waals surface area contributed by atoms with Gasteiger partial charge < -0.3 is 4.57 Å². The predicted octanol–water partition coefficient (Wildman–Crippen LogP) is 2.42. The van der Waals surface area contributed by atoms with Crippen molar-refractivity contribution in [3.8, 4) is 0 Å². The van der Waals surface area contributed by atoms with Gasteiger partial charge >= 0.3 is 0 Å². The first-order valence-electron chi connectivity index (χ1n) is 5.56. The minimum atomic E-state index is 0.348. The summed E-state index contributed by atoms with van der Waals surface area (Å²) >= 11 is 0. The number of hydrogen-bond donors (Lipinski definition) is 0. The van der Waals surface area contributed by atoms with Gasteiger partial charge in [0, 0.05) is 30.4 Å². The molecule has 2 heteroatoms. The average molecular weight is 189 g/mol. The molecule has 0 radical (unpaired) electrons. The van der Waals surface area contributed by atoms with Crippen LogP contribution in [0.2, 0.25) is 0 Å². The van der Waals surface area contributed by atoms with E-state index in [4.69, 9.17) is 0 Å². The second kappa shape index (κ2) is 2.97. The lowest BCUT2D eigenvalue weighted by molar-refractivity contribution is 0.0971. The Labute approximate surface area is 83.9 Å². The summed E-state index contributed by atoms with van der Waals surface area (Å²) in [5.41, 5.74) is 2.30. The molecule has 2 aliphatic carbocycles. The molecule has 0 spiro atoms. The first-order chi connectivity index (χ1) is 6.84. The highest BCUT2D eigenvalue weighted by atomic mass is 16.1. The molecule has 1 aromatic heterocycles. The molecule has 0 aromatic carbocycles. The molecule has 1 saturated carbocycles. The Kier molecular flexibility index (Phi) is 1.76. The van der Waals surface area contributed by atoms with Crippen LogP contribution in [-0.2, 0) is 13.0 Å². The Morgan fingerprint density at radius 1 is 1.36 bits per heavy atom. The van der Waals surface area contributed by atoms with E-state index in [9.17, 15) is 4.79 Å². The smallest absolute Gasteiger partial charge is 0.164 e. The average Bonchev–Trinajstić information content (AvgIpc) is 2.88. The van der Waals surface area contributed by atoms with E-state index in [1.165, 1.54) is 18.5 Å². The number of nitrogens with zero attached hydrogens (tertiary/aromatic N) is 1. The van der Waals surface area contributed by atoms with E-state index in [1.54, 1.807) is 0 Å². The molecule has 0 bridgehead atoms. The number of aromatic nitrogens is 1. The lowest BCUT2D eigenvalue weighted by Crippen LogP contribution is -2.13. The quantitative estimate of drug-likeness (QED) is 0.700. The summed E-state index contributed by atoms with van der Waals surface area (Å²) < 4.78 is 2.31. The third-order valence-corrected chi connectivity index (χ3v) is 3.35. The molecule has 0 amide bonds. The largest absolute Gasteiger partial charge is 0.350 e. The van der Waals surface area contributed by atoms with E-state index >= 15 is 0 Å². The summed E-state index contributed by atoms with van der Waals surface area (Å²) in [4.78, 5) is 11.6. The standard InChI is InChI=1S/C12H15NO/c14-12-3-1-2-11-10(12)6-7-13(11)8-9-4-5-9/h6-7,9H,1-5,8H2. The highest BCUT2D eigenvalue weighted by molar-refractivity contribution is 5.98. The van der Waals surface area contributed by atoms with Crippen molar-refractivity contribution in [2.45, 2.75) is 38.6 Å². The van der Waals surface area contributed by atoms with Crippen LogP contribution in [-0.4, -0.2) is 10.4 Å². The summed E-state index contributed by atoms with van der Waals surface area (Å²) in [7, 11) is 0. The molecule has 74 valence electrons. The Morgan fingerprint density at radius 2 is 2.21 bits per heavy atom. The van der Waals surface area contributed by atoms with Gasteiger partial charge in [0.25, 0.3) is 0 Å². The van der Waals surface area contributed by atoms with Crippen LogP contribution < -0.4 is 0 Å². The van der Waals surface area contributed by atoms with Crippen molar-refractivity contribution in [1.82, 2.24) is 4.57 Å². The Balaban J connectivity index is 1.93. The van der Waals surface area contributed by atoms with E-state index in [-0.39, 0.29) is 0 Å². The fourth-order valence-electron chi connectivity index (χ4n) is 2.34. The summed E-state index contributed by atoms with van der Waals surface area (Å²) in [6.45, 7) is 1.14. The van der Waals surface area contributed by atoms with Gasteiger partial charge in [-0.1, -0.05) is 0 Å². The van der Waals surface area contributed by atoms with Gasteiger partial charge in [0.2, 0.25) is 0 Å². The van der Waals surface area contributed by atoms with Crippen LogP contribution in [0.4, 0.5) is 0 Å². The summed E-state index contributed by atoms with van der Waals surface area (Å²) in [5.74, 6) is 1.24. The molecule has 0 N–H and O–H groups in total. The fourth-order valence-corrected chi connectivity index (χ4v) is 2.34. The van der Waals surface area contributed by atoms with Crippen molar-refractivity contribution in [1.29, 1.82) is 0 Å². The number of carbonyl (C=O) groups is 1. The lowest BCUT2D eigenvalue weighted by Gasteiger charge is -2.14. The maximum atomic E-state index is 11.6. The van der Waals surface area contributed by atoms with E-state index in [1.807, 2.05) is 6.07 Å². The second-order valence-corrected chi connectivity index (χ2v) is 4.55. The molecule has 0 unspecified atom stereocenters. The minimum Gasteiger partial charge on any atom is -0.350 e. The molecule has 2 nitrogen and oxygen atoms in total. The normalized spacial score (nSPS) is 21.0. The van der Waals surface area contributed by atoms with E-state index in [0.29, 0.717) is 5.78 Å². The molecule has 0 atom stereocenters. The van der Waals surface area contributed by atoms with Gasteiger partial charge in [-0.15, -0.1) is 0 Å². The van der Waals surface area contributed by atoms with Crippen molar-refractivity contribution in [2.75, 3.05) is 0 Å². The minimum absolute atomic E-state index is 0.348. The molecule has 1 heterocycles. The number of carbonyl (C=O) groups excluding carboxylic acids is 1. The van der Waals surface area contributed by atoms with Gasteiger partial charge in [-0.2, -0.15) is 0 Å². The fraction of sp³-hybridized carbons (Fsp3) is 0.583. The van der Waals surface area contributed by atoms with Gasteiger partial charge in [-0.25, -0.2) is 0 Å². The van der Waals surface area contributed by atoms with E-state index in [2.05, 4.69) is 10.8 Å². The van der Waals surface area contributed by atoms with Crippen molar-refractivity contribution in [2.24, 2.45) is 5.92 Å². The molecule has 1 fully saturated rings. The molecule has 3 rings (SSSR count). The third-order valence-electron chi connectivity index (χ3n) is 3.35. The summed E-state index contributed by atoms with van der Waals surface area (Å²) in [6, 6.07) is 2.01. The van der Waals surface area contributed by atoms with Gasteiger partial charge in [0.1, 0.15) is 0 Å². The highest BCUT2D eigenvalue weighted by Gasteiger charge is 2.25. The summed E-state index contributed by atoms with van der Waals surface area (Å²) in [5, 5.41) is 0. The van der Waals surface area contributed by atoms with Crippen LogP contribution in [0.3, 0.4) is 0 Å². The SMILES string of the molecule is O=C1CCCc2c1ccn2CC1CC1. The second-order valence-electron chi connectivity index (χ2n) is 4.55. The van der Waals surface area contributed by atoms with Gasteiger partial charge in [-0.05, 0) is 37.7 Å². The highest BCUT2D eigenvalue weighted by Crippen LogP contribution is 2.32. The molecular formula is C12H15NO. The Hall–Kier alpha value is -1.05. The van der Waals surface area contributed by atoms with Crippen LogP contribution in [0.5, 0.6) is 0 Å². The van der Waals surface area contributed by atoms with Gasteiger partial charge in [0.15, 0.2) is 5.78 Å². The topological polar surface area (TPSA) is 22.0 Å². The number of ketones is 1. The van der Waals surface area contributed by atoms with Crippen molar-refractivity contribution in [3.05, 3.63) is 23.5 Å². The molecule has 0 aliphatic heterocycles. The number of fused-ring (bicyclic) bond motifs is 1. The summed E-state index contributed by atoms with van der Waals surface area (Å²) in [6.07, 6.45) is 7.75. The third kappa shape index (κ3) is 1.29. The number of Topliss-reactive ketones (excluding diaryl/α,β-unsaturated/α-hetero) is 1. The number of rotatable bonds is 2. The van der Waals surface area contributed by atoms with Crippen LogP contribution in [0.25, 0.3) is 0 Å². The Morgan fingerprint density at radius 3 is 3.00 bits per heavy atom. The van der Waals surface area contributed by atoms with Gasteiger partial charge in [-0.3, -0.25) is 4.79 Å². The van der Waals surface area contributed by atoms with E-state index in [0.717, 1.165) is 37.3 Å². The van der Waals surface area contributed by atoms with Crippen LogP contribution in [0.1, 0.15) is 41.7 Å². The van der Waals surface area contributed by atoms with E-state index < -0.39 is 0 Å². The maximum Gasteiger partial charge on any atom is 0.164 e.